The number of aryl methyl sites for hydroxylation is 6. The first-order valence-electron chi connectivity index (χ1n) is 25.6. The van der Waals surface area contributed by atoms with Crippen molar-refractivity contribution < 1.29 is 39.6 Å². The van der Waals surface area contributed by atoms with Crippen molar-refractivity contribution in [2.24, 2.45) is 0 Å². The van der Waals surface area contributed by atoms with E-state index in [1.807, 2.05) is 79.7 Å². The minimum atomic E-state index is -1.13. The zero-order valence-electron chi connectivity index (χ0n) is 45.3. The molecule has 0 unspecified atom stereocenters. The van der Waals surface area contributed by atoms with Crippen LogP contribution in [-0.2, 0) is 32.0 Å². The second-order valence-corrected chi connectivity index (χ2v) is 24.5. The number of carboxylic acids is 4. The number of fused-ring (bicyclic) bond motifs is 16. The van der Waals surface area contributed by atoms with Gasteiger partial charge in [-0.2, -0.15) is 0 Å². The van der Waals surface area contributed by atoms with E-state index in [4.69, 9.17) is 19.9 Å². The first-order valence-corrected chi connectivity index (χ1v) is 29.9. The third kappa shape index (κ3) is 13.0. The molecule has 6 aromatic heterocycles. The van der Waals surface area contributed by atoms with Crippen LogP contribution in [0.25, 0.3) is 89.7 Å². The number of carbonyl (C=O) groups is 4. The molecular formula is C60H52I4N8O8Sn. The Balaban J connectivity index is 0.000000210. The second-order valence-electron chi connectivity index (χ2n) is 20.2. The van der Waals surface area contributed by atoms with Gasteiger partial charge in [0.25, 0.3) is 0 Å². The fourth-order valence-corrected chi connectivity index (χ4v) is 13.7. The predicted molar refractivity (Wildman–Crippen MR) is 345 cm³/mol. The van der Waals surface area contributed by atoms with E-state index in [1.54, 1.807) is 0 Å². The van der Waals surface area contributed by atoms with Crippen LogP contribution in [0, 0.1) is 42.0 Å². The number of aromatic amines is 4. The SMILES string of the molecule is CC1=Cc2nc1c(I)c1cc(C)c(cc3nc(cc4[nH]c(c(C)c4CCC(=O)[O-])c2I)C(CCC(=O)[O-])=C3C)[nH]1.CC1=Cc2nc1c(I)c1cc(C)c(cc3nc(cc4[nH]c(c(C)c4CCC(=O)[O-])c2I)C(CCC(=O)[O-])=C3C)[nH]1.[Sn+4]. The van der Waals surface area contributed by atoms with Crippen molar-refractivity contribution in [2.75, 3.05) is 0 Å². The molecule has 16 bridgehead atoms. The molecule has 0 aromatic carbocycles. The Labute approximate surface area is 537 Å². The summed E-state index contributed by atoms with van der Waals surface area (Å²) in [6.45, 7) is 16.0. The Kier molecular flexibility index (Phi) is 19.3. The van der Waals surface area contributed by atoms with Crippen molar-refractivity contribution in [3.8, 4) is 0 Å². The van der Waals surface area contributed by atoms with Crippen LogP contribution in [0.2, 0.25) is 0 Å². The van der Waals surface area contributed by atoms with E-state index < -0.39 is 23.9 Å². The molecule has 4 N–H and O–H groups in total. The van der Waals surface area contributed by atoms with Crippen molar-refractivity contribution in [2.45, 2.75) is 107 Å². The molecule has 0 fully saturated rings. The van der Waals surface area contributed by atoms with Crippen molar-refractivity contribution in [3.05, 3.63) is 130 Å². The third-order valence-electron chi connectivity index (χ3n) is 14.8. The second kappa shape index (κ2) is 25.3. The number of halogens is 4. The summed E-state index contributed by atoms with van der Waals surface area (Å²) < 4.78 is 3.82. The molecule has 10 heterocycles. The number of carboxylic acid groups (broad SMARTS) is 4. The van der Waals surface area contributed by atoms with Gasteiger partial charge in [-0.3, -0.25) is 0 Å². The fraction of sp³-hybridized carbons (Fsp3) is 0.267. The van der Waals surface area contributed by atoms with Gasteiger partial charge in [0.05, 0.1) is 81.9 Å². The number of hydrogen-bond donors (Lipinski definition) is 4. The van der Waals surface area contributed by atoms with Gasteiger partial charge >= 0.3 is 23.9 Å². The largest absolute Gasteiger partial charge is 4.00 e. The summed E-state index contributed by atoms with van der Waals surface area (Å²) in [5.41, 5.74) is 24.3. The van der Waals surface area contributed by atoms with Crippen molar-refractivity contribution in [1.29, 1.82) is 0 Å². The summed E-state index contributed by atoms with van der Waals surface area (Å²) in [5, 5.41) is 45.5. The van der Waals surface area contributed by atoms with Crippen molar-refractivity contribution in [3.63, 3.8) is 0 Å². The summed E-state index contributed by atoms with van der Waals surface area (Å²) in [6.07, 6.45) is 4.71. The Morgan fingerprint density at radius 3 is 1.10 bits per heavy atom. The average Bonchev–Trinajstić information content (AvgIpc) is 4.29. The molecule has 0 amide bonds. The third-order valence-corrected chi connectivity index (χ3v) is 19.2. The standard InChI is InChI=1S/2C30H28I2N4O4.Sn/c2*1-13-9-23-27(31)29-14(2)10-24(36-29)28(32)30-16(4)18(6-8-26(39)40)22(35-30)12-21-17(5-7-25(37)38)15(3)20(34-21)11-19(13)33-23;/h2*9-12,33,35H,5-8H2,1-4H3,(H,37,38)(H,39,40);/q;;+4/p-4. The Bertz CT molecular complexity index is 3930. The molecule has 0 atom stereocenters. The van der Waals surface area contributed by atoms with Gasteiger partial charge in [-0.1, -0.05) is 0 Å². The summed E-state index contributed by atoms with van der Waals surface area (Å²) in [5.74, 6) is -4.50. The maximum absolute atomic E-state index is 11.4. The van der Waals surface area contributed by atoms with Gasteiger partial charge in [-0.15, -0.1) is 0 Å². The molecule has 81 heavy (non-hydrogen) atoms. The van der Waals surface area contributed by atoms with E-state index in [0.717, 1.165) is 159 Å². The molecule has 0 aliphatic carbocycles. The number of nitrogens with one attached hydrogen (secondary N) is 4. The van der Waals surface area contributed by atoms with Crippen LogP contribution in [0.5, 0.6) is 0 Å². The average molecular weight is 1640 g/mol. The zero-order valence-corrected chi connectivity index (χ0v) is 56.8. The predicted octanol–water partition coefficient (Wildman–Crippen LogP) is 9.31. The number of rotatable bonds is 12. The first kappa shape index (κ1) is 61.9. The van der Waals surface area contributed by atoms with Crippen LogP contribution in [0.15, 0.2) is 36.4 Å². The molecular weight excluding hydrogens is 1590 g/mol. The van der Waals surface area contributed by atoms with Crippen LogP contribution in [0.3, 0.4) is 0 Å². The number of H-pyrrole nitrogens is 4. The number of nitrogens with zero attached hydrogens (tertiary/aromatic N) is 4. The molecule has 0 radical (unpaired) electrons. The number of aliphatic carboxylic acids is 4. The van der Waals surface area contributed by atoms with Crippen LogP contribution >= 0.6 is 90.4 Å². The molecule has 16 nitrogen and oxygen atoms in total. The molecule has 0 saturated heterocycles. The van der Waals surface area contributed by atoms with Crippen LogP contribution < -0.4 is 20.4 Å². The van der Waals surface area contributed by atoms with E-state index >= 15 is 0 Å². The molecule has 4 aliphatic rings. The van der Waals surface area contributed by atoms with E-state index in [-0.39, 0.29) is 75.3 Å². The molecule has 6 aromatic rings. The Morgan fingerprint density at radius 1 is 0.420 bits per heavy atom. The summed E-state index contributed by atoms with van der Waals surface area (Å²) in [6, 6.07) is 12.0. The summed E-state index contributed by atoms with van der Waals surface area (Å²) >= 11 is 9.23. The number of allylic oxidation sites excluding steroid dienone is 6. The van der Waals surface area contributed by atoms with Gasteiger partial charge < -0.3 is 59.5 Å². The molecule has 0 spiro atoms. The number of aromatic nitrogens is 8. The van der Waals surface area contributed by atoms with Gasteiger partial charge in [0, 0.05) is 45.9 Å². The summed E-state index contributed by atoms with van der Waals surface area (Å²) in [4.78, 5) is 79.4. The molecule has 21 heteroatoms. The number of hydrogen-bond acceptors (Lipinski definition) is 12. The van der Waals surface area contributed by atoms with E-state index in [9.17, 15) is 39.6 Å². The Morgan fingerprint density at radius 2 is 0.753 bits per heavy atom. The minimum absolute atomic E-state index is 0. The van der Waals surface area contributed by atoms with Gasteiger partial charge in [-0.25, -0.2) is 19.9 Å². The smallest absolute Gasteiger partial charge is 0.550 e. The Hall–Kier alpha value is -5.20. The maximum atomic E-state index is 11.4. The fourth-order valence-electron chi connectivity index (χ4n) is 10.4. The monoisotopic (exact) mass is 1640 g/mol. The quantitative estimate of drug-likeness (QED) is 0.0659. The molecule has 10 rings (SSSR count). The topological polar surface area (TPSA) is 275 Å². The van der Waals surface area contributed by atoms with Crippen molar-refractivity contribution >= 4 is 228 Å². The maximum Gasteiger partial charge on any atom is 4.00 e. The zero-order chi connectivity index (χ0) is 57.8. The minimum Gasteiger partial charge on any atom is -0.550 e. The first-order chi connectivity index (χ1) is 37.9. The van der Waals surface area contributed by atoms with E-state index in [1.165, 1.54) is 0 Å². The number of carbonyl (C=O) groups excluding carboxylic acids is 4. The van der Waals surface area contributed by atoms with Crippen LogP contribution in [0.4, 0.5) is 0 Å². The van der Waals surface area contributed by atoms with E-state index in [0.29, 0.717) is 11.4 Å². The molecule has 0 saturated carbocycles. The molecule has 4 aliphatic heterocycles. The summed E-state index contributed by atoms with van der Waals surface area (Å²) in [7, 11) is 0. The molecule has 412 valence electrons. The van der Waals surface area contributed by atoms with E-state index in [2.05, 4.69) is 135 Å². The van der Waals surface area contributed by atoms with Crippen LogP contribution in [0.1, 0.15) is 145 Å². The van der Waals surface area contributed by atoms with Gasteiger partial charge in [-0.05, 0) is 312 Å². The van der Waals surface area contributed by atoms with Crippen LogP contribution in [-0.4, -0.2) is 87.7 Å². The van der Waals surface area contributed by atoms with Gasteiger partial charge in [0.15, 0.2) is 0 Å². The van der Waals surface area contributed by atoms with Crippen molar-refractivity contribution in [1.82, 2.24) is 39.9 Å². The van der Waals surface area contributed by atoms with Gasteiger partial charge in [0.2, 0.25) is 0 Å². The normalized spacial score (nSPS) is 12.9. The van der Waals surface area contributed by atoms with Gasteiger partial charge in [0.1, 0.15) is 0 Å².